The summed E-state index contributed by atoms with van der Waals surface area (Å²) in [5.41, 5.74) is 0. The lowest BCUT2D eigenvalue weighted by molar-refractivity contribution is 0.327. The van der Waals surface area contributed by atoms with Crippen molar-refractivity contribution in [1.29, 1.82) is 0 Å². The number of rotatable bonds is 6. The molecule has 0 aliphatic carbocycles. The minimum Gasteiger partial charge on any atom is -0.0628 e. The molecule has 0 fully saturated rings. The summed E-state index contributed by atoms with van der Waals surface area (Å²) in [6.45, 7) is 15.6. The third kappa shape index (κ3) is 8.33. The van der Waals surface area contributed by atoms with Crippen LogP contribution >= 0.6 is 0 Å². The van der Waals surface area contributed by atoms with E-state index >= 15 is 0 Å². The third-order valence-corrected chi connectivity index (χ3v) is 2.48. The van der Waals surface area contributed by atoms with Gasteiger partial charge in [0.1, 0.15) is 0 Å². The number of hydrogen-bond acceptors (Lipinski definition) is 0. The fourth-order valence-electron chi connectivity index (χ4n) is 2.37. The molecule has 0 aliphatic rings. The van der Waals surface area contributed by atoms with Crippen molar-refractivity contribution in [2.75, 3.05) is 0 Å². The Labute approximate surface area is 85.1 Å². The first-order chi connectivity index (χ1) is 5.91. The first-order valence-electron chi connectivity index (χ1n) is 5.74. The summed E-state index contributed by atoms with van der Waals surface area (Å²) in [4.78, 5) is 0. The predicted molar refractivity (Wildman–Crippen MR) is 61.5 cm³/mol. The molecule has 0 nitrogen and oxygen atoms in total. The second-order valence-corrected chi connectivity index (χ2v) is 5.42. The molecule has 0 heteroatoms. The lowest BCUT2D eigenvalue weighted by Gasteiger charge is -2.20. The Morgan fingerprint density at radius 3 is 1.62 bits per heavy atom. The molecule has 0 aromatic rings. The van der Waals surface area contributed by atoms with E-state index in [-0.39, 0.29) is 0 Å². The Morgan fingerprint density at radius 2 is 1.23 bits per heavy atom. The van der Waals surface area contributed by atoms with Gasteiger partial charge < -0.3 is 0 Å². The molecule has 0 saturated heterocycles. The van der Waals surface area contributed by atoms with Crippen LogP contribution in [0.2, 0.25) is 0 Å². The molecule has 1 radical (unpaired) electrons. The quantitative estimate of drug-likeness (QED) is 0.566. The van der Waals surface area contributed by atoms with Crippen LogP contribution in [-0.4, -0.2) is 0 Å². The van der Waals surface area contributed by atoms with Gasteiger partial charge in [-0.15, -0.1) is 0 Å². The zero-order chi connectivity index (χ0) is 10.4. The van der Waals surface area contributed by atoms with E-state index < -0.39 is 0 Å². The second-order valence-electron chi connectivity index (χ2n) is 5.42. The first-order valence-corrected chi connectivity index (χ1v) is 5.74. The Morgan fingerprint density at radius 1 is 0.769 bits per heavy atom. The van der Waals surface area contributed by atoms with Gasteiger partial charge in [0.05, 0.1) is 0 Å². The van der Waals surface area contributed by atoms with Gasteiger partial charge in [0.15, 0.2) is 0 Å². The third-order valence-electron chi connectivity index (χ3n) is 2.48. The van der Waals surface area contributed by atoms with E-state index in [0.29, 0.717) is 5.92 Å². The van der Waals surface area contributed by atoms with Crippen LogP contribution in [0.25, 0.3) is 0 Å². The lowest BCUT2D eigenvalue weighted by Crippen LogP contribution is -2.08. The van der Waals surface area contributed by atoms with Crippen LogP contribution in [0.15, 0.2) is 0 Å². The Kier molecular flexibility index (Phi) is 6.45. The van der Waals surface area contributed by atoms with Crippen LogP contribution in [0.1, 0.15) is 53.9 Å². The highest BCUT2D eigenvalue weighted by Crippen LogP contribution is 2.23. The maximum absolute atomic E-state index is 4.05. The zero-order valence-electron chi connectivity index (χ0n) is 10.1. The van der Waals surface area contributed by atoms with Gasteiger partial charge in [-0.3, -0.25) is 0 Å². The molecule has 0 amide bonds. The maximum atomic E-state index is 4.05. The normalized spacial score (nSPS) is 16.6. The fraction of sp³-hybridized carbons (Fsp3) is 0.923. The Balaban J connectivity index is 3.58. The minimum atomic E-state index is 0.612. The van der Waals surface area contributed by atoms with Gasteiger partial charge in [0, 0.05) is 0 Å². The van der Waals surface area contributed by atoms with Crippen molar-refractivity contribution in [2.24, 2.45) is 23.7 Å². The Bertz CT molecular complexity index is 99.2. The maximum Gasteiger partial charge on any atom is -0.0438 e. The van der Waals surface area contributed by atoms with E-state index in [2.05, 4.69) is 41.5 Å². The zero-order valence-corrected chi connectivity index (χ0v) is 10.1. The molecule has 3 atom stereocenters. The van der Waals surface area contributed by atoms with E-state index in [1.807, 2.05) is 0 Å². The van der Waals surface area contributed by atoms with Crippen LogP contribution in [0, 0.1) is 30.6 Å². The summed E-state index contributed by atoms with van der Waals surface area (Å²) in [5, 5.41) is 0. The van der Waals surface area contributed by atoms with Crippen LogP contribution in [0.5, 0.6) is 0 Å². The molecule has 0 heterocycles. The summed E-state index contributed by atoms with van der Waals surface area (Å²) in [7, 11) is 0. The topological polar surface area (TPSA) is 0 Å². The molecule has 0 aromatic heterocycles. The van der Waals surface area contributed by atoms with Crippen molar-refractivity contribution in [3.05, 3.63) is 6.92 Å². The SMILES string of the molecule is [CH2]C(C)CC(C)CC(C)CC(C)C. The average Bonchev–Trinajstić information content (AvgIpc) is 1.80. The van der Waals surface area contributed by atoms with Crippen LogP contribution in [0.3, 0.4) is 0 Å². The van der Waals surface area contributed by atoms with Crippen LogP contribution in [-0.2, 0) is 0 Å². The predicted octanol–water partition coefficient (Wildman–Crippen LogP) is 4.56. The molecule has 0 saturated carbocycles. The van der Waals surface area contributed by atoms with E-state index in [9.17, 15) is 0 Å². The largest absolute Gasteiger partial charge is 0.0628 e. The van der Waals surface area contributed by atoms with E-state index in [1.54, 1.807) is 0 Å². The van der Waals surface area contributed by atoms with Crippen LogP contribution < -0.4 is 0 Å². The van der Waals surface area contributed by atoms with Gasteiger partial charge >= 0.3 is 0 Å². The highest BCUT2D eigenvalue weighted by atomic mass is 14.2. The van der Waals surface area contributed by atoms with Gasteiger partial charge in [0.25, 0.3) is 0 Å². The summed E-state index contributed by atoms with van der Waals surface area (Å²) < 4.78 is 0. The molecule has 0 spiro atoms. The molecule has 13 heavy (non-hydrogen) atoms. The van der Waals surface area contributed by atoms with Crippen molar-refractivity contribution in [1.82, 2.24) is 0 Å². The van der Waals surface area contributed by atoms with Crippen LogP contribution in [0.4, 0.5) is 0 Å². The molecule has 0 rings (SSSR count). The standard InChI is InChI=1S/C13H27/c1-10(2)7-12(5)9-13(6)8-11(3)4/h10-13H,1,7-9H2,2-6H3. The minimum absolute atomic E-state index is 0.612. The van der Waals surface area contributed by atoms with Crippen molar-refractivity contribution in [3.63, 3.8) is 0 Å². The summed E-state index contributed by atoms with van der Waals surface area (Å²) in [6, 6.07) is 0. The summed E-state index contributed by atoms with van der Waals surface area (Å²) >= 11 is 0. The molecule has 79 valence electrons. The van der Waals surface area contributed by atoms with Gasteiger partial charge in [-0.1, -0.05) is 41.5 Å². The summed E-state index contributed by atoms with van der Waals surface area (Å²) in [5.74, 6) is 3.19. The molecule has 0 aliphatic heterocycles. The molecular formula is C13H27. The smallest absolute Gasteiger partial charge is 0.0438 e. The molecule has 0 aromatic carbocycles. The fourth-order valence-corrected chi connectivity index (χ4v) is 2.37. The summed E-state index contributed by atoms with van der Waals surface area (Å²) in [6.07, 6.45) is 4.02. The molecular weight excluding hydrogens is 156 g/mol. The molecule has 3 unspecified atom stereocenters. The first kappa shape index (κ1) is 13.0. The van der Waals surface area contributed by atoms with E-state index in [1.165, 1.54) is 19.3 Å². The Hall–Kier alpha value is 0. The second kappa shape index (κ2) is 6.45. The highest BCUT2D eigenvalue weighted by Gasteiger charge is 2.11. The van der Waals surface area contributed by atoms with Crippen molar-refractivity contribution < 1.29 is 0 Å². The van der Waals surface area contributed by atoms with Gasteiger partial charge in [-0.05, 0) is 42.9 Å². The van der Waals surface area contributed by atoms with Gasteiger partial charge in [-0.25, -0.2) is 0 Å². The molecule has 0 bridgehead atoms. The van der Waals surface area contributed by atoms with Gasteiger partial charge in [0.2, 0.25) is 0 Å². The van der Waals surface area contributed by atoms with E-state index in [4.69, 9.17) is 0 Å². The molecule has 0 N–H and O–H groups in total. The van der Waals surface area contributed by atoms with Gasteiger partial charge in [-0.2, -0.15) is 0 Å². The average molecular weight is 183 g/mol. The number of hydrogen-bond donors (Lipinski definition) is 0. The van der Waals surface area contributed by atoms with Crippen molar-refractivity contribution in [2.45, 2.75) is 53.9 Å². The highest BCUT2D eigenvalue weighted by molar-refractivity contribution is 4.65. The van der Waals surface area contributed by atoms with E-state index in [0.717, 1.165) is 17.8 Å². The monoisotopic (exact) mass is 183 g/mol. The van der Waals surface area contributed by atoms with Crippen molar-refractivity contribution >= 4 is 0 Å². The van der Waals surface area contributed by atoms with Crippen molar-refractivity contribution in [3.8, 4) is 0 Å². The lowest BCUT2D eigenvalue weighted by atomic mass is 9.86.